The zero-order valence-electron chi connectivity index (χ0n) is 15.8. The van der Waals surface area contributed by atoms with Crippen LogP contribution in [0.4, 0.5) is 5.69 Å². The molecule has 2 aromatic rings. The van der Waals surface area contributed by atoms with Gasteiger partial charge in [-0.25, -0.2) is 0 Å². The molecule has 0 unspecified atom stereocenters. The monoisotopic (exact) mass is 366 g/mol. The van der Waals surface area contributed by atoms with Crippen molar-refractivity contribution in [2.45, 2.75) is 19.3 Å². The molecule has 0 atom stereocenters. The highest BCUT2D eigenvalue weighted by Crippen LogP contribution is 2.16. The van der Waals surface area contributed by atoms with Crippen LogP contribution in [0.2, 0.25) is 0 Å². The second-order valence-corrected chi connectivity index (χ2v) is 7.27. The first-order valence-corrected chi connectivity index (χ1v) is 9.63. The molecular formula is C22H28N3O2+. The van der Waals surface area contributed by atoms with Gasteiger partial charge in [0.1, 0.15) is 0 Å². The van der Waals surface area contributed by atoms with E-state index in [1.165, 1.54) is 10.5 Å². The lowest BCUT2D eigenvalue weighted by atomic mass is 9.90. The van der Waals surface area contributed by atoms with E-state index in [4.69, 9.17) is 0 Å². The number of piperidine rings is 1. The summed E-state index contributed by atoms with van der Waals surface area (Å²) < 4.78 is 0. The molecule has 5 heteroatoms. The molecule has 0 saturated carbocycles. The van der Waals surface area contributed by atoms with Gasteiger partial charge in [0, 0.05) is 18.3 Å². The van der Waals surface area contributed by atoms with Crippen molar-refractivity contribution in [3.05, 3.63) is 65.7 Å². The van der Waals surface area contributed by atoms with Crippen LogP contribution in [0.25, 0.3) is 0 Å². The fraction of sp³-hybridized carbons (Fsp3) is 0.364. The summed E-state index contributed by atoms with van der Waals surface area (Å²) in [6.45, 7) is 2.54. The van der Waals surface area contributed by atoms with E-state index in [0.29, 0.717) is 23.7 Å². The summed E-state index contributed by atoms with van der Waals surface area (Å²) in [5, 5.41) is 5.51. The Morgan fingerprint density at radius 3 is 2.48 bits per heavy atom. The molecule has 1 aliphatic rings. The van der Waals surface area contributed by atoms with Crippen LogP contribution < -0.4 is 15.5 Å². The summed E-state index contributed by atoms with van der Waals surface area (Å²) >= 11 is 0. The lowest BCUT2D eigenvalue weighted by molar-refractivity contribution is -0.898. The largest absolute Gasteiger partial charge is 0.355 e. The number of likely N-dealkylation sites (tertiary alicyclic amines) is 1. The highest BCUT2D eigenvalue weighted by atomic mass is 16.2. The number of carbonyl (C=O) groups excluding carboxylic acids is 2. The smallest absolute Gasteiger partial charge is 0.279 e. The maximum absolute atomic E-state index is 12.4. The topological polar surface area (TPSA) is 62.6 Å². The Morgan fingerprint density at radius 2 is 1.78 bits per heavy atom. The summed E-state index contributed by atoms with van der Waals surface area (Å²) in [6.07, 6.45) is 3.44. The van der Waals surface area contributed by atoms with E-state index in [-0.39, 0.29) is 11.8 Å². The molecule has 0 radical (unpaired) electrons. The number of amides is 2. The van der Waals surface area contributed by atoms with Gasteiger partial charge in [0.05, 0.1) is 13.1 Å². The Balaban J connectivity index is 1.45. The van der Waals surface area contributed by atoms with Gasteiger partial charge in [0.2, 0.25) is 0 Å². The number of quaternary nitrogens is 1. The van der Waals surface area contributed by atoms with Crippen LogP contribution in [0.15, 0.2) is 54.6 Å². The van der Waals surface area contributed by atoms with Gasteiger partial charge in [-0.05, 0) is 48.9 Å². The van der Waals surface area contributed by atoms with E-state index in [1.54, 1.807) is 25.2 Å². The van der Waals surface area contributed by atoms with Crippen LogP contribution in [0, 0.1) is 5.92 Å². The van der Waals surface area contributed by atoms with Gasteiger partial charge in [-0.1, -0.05) is 36.4 Å². The highest BCUT2D eigenvalue weighted by molar-refractivity contribution is 5.97. The number of rotatable bonds is 6. The summed E-state index contributed by atoms with van der Waals surface area (Å²) in [4.78, 5) is 25.4. The Kier molecular flexibility index (Phi) is 6.60. The molecule has 2 amide bonds. The number of anilines is 1. The van der Waals surface area contributed by atoms with Gasteiger partial charge in [-0.2, -0.15) is 0 Å². The first kappa shape index (κ1) is 19.1. The van der Waals surface area contributed by atoms with E-state index < -0.39 is 0 Å². The van der Waals surface area contributed by atoms with E-state index >= 15 is 0 Å². The normalized spacial score (nSPS) is 19.3. The lowest BCUT2D eigenvalue weighted by Gasteiger charge is -2.29. The summed E-state index contributed by atoms with van der Waals surface area (Å²) in [5.74, 6) is 0.557. The Bertz CT molecular complexity index is 768. The minimum atomic E-state index is -0.155. The molecule has 0 aliphatic carbocycles. The third-order valence-electron chi connectivity index (χ3n) is 5.23. The summed E-state index contributed by atoms with van der Waals surface area (Å²) in [5.41, 5.74) is 2.61. The molecule has 142 valence electrons. The van der Waals surface area contributed by atoms with Crippen LogP contribution in [0.5, 0.6) is 0 Å². The van der Waals surface area contributed by atoms with E-state index in [9.17, 15) is 9.59 Å². The molecular weight excluding hydrogens is 338 g/mol. The molecule has 27 heavy (non-hydrogen) atoms. The molecule has 0 aromatic heterocycles. The van der Waals surface area contributed by atoms with Crippen LogP contribution in [0.3, 0.4) is 0 Å². The SMILES string of the molecule is CNC(=O)c1cccc(NC(=O)C[NH+]2CCC(Cc3ccccc3)CC2)c1. The van der Waals surface area contributed by atoms with Gasteiger partial charge in [0.15, 0.2) is 6.54 Å². The molecule has 1 heterocycles. The first-order valence-electron chi connectivity index (χ1n) is 9.63. The molecule has 1 saturated heterocycles. The van der Waals surface area contributed by atoms with Gasteiger partial charge in [-0.15, -0.1) is 0 Å². The highest BCUT2D eigenvalue weighted by Gasteiger charge is 2.24. The first-order chi connectivity index (χ1) is 13.1. The molecule has 5 nitrogen and oxygen atoms in total. The molecule has 3 N–H and O–H groups in total. The molecule has 2 aromatic carbocycles. The quantitative estimate of drug-likeness (QED) is 0.726. The second kappa shape index (κ2) is 9.33. The summed E-state index contributed by atoms with van der Waals surface area (Å²) in [7, 11) is 1.60. The fourth-order valence-electron chi connectivity index (χ4n) is 3.73. The van der Waals surface area contributed by atoms with E-state index in [0.717, 1.165) is 32.4 Å². The van der Waals surface area contributed by atoms with Crippen molar-refractivity contribution < 1.29 is 14.5 Å². The van der Waals surface area contributed by atoms with Gasteiger partial charge >= 0.3 is 0 Å². The van der Waals surface area contributed by atoms with Gasteiger partial charge < -0.3 is 15.5 Å². The number of carbonyl (C=O) groups is 2. The second-order valence-electron chi connectivity index (χ2n) is 7.27. The summed E-state index contributed by atoms with van der Waals surface area (Å²) in [6, 6.07) is 17.7. The predicted molar refractivity (Wildman–Crippen MR) is 107 cm³/mol. The number of benzene rings is 2. The Hall–Kier alpha value is -2.66. The van der Waals surface area contributed by atoms with E-state index in [2.05, 4.69) is 41.0 Å². The molecule has 1 fully saturated rings. The van der Waals surface area contributed by atoms with Crippen molar-refractivity contribution in [2.24, 2.45) is 5.92 Å². The number of hydrogen-bond acceptors (Lipinski definition) is 2. The fourth-order valence-corrected chi connectivity index (χ4v) is 3.73. The molecule has 0 bridgehead atoms. The van der Waals surface area contributed by atoms with Crippen molar-refractivity contribution >= 4 is 17.5 Å². The third kappa shape index (κ3) is 5.66. The average molecular weight is 366 g/mol. The lowest BCUT2D eigenvalue weighted by Crippen LogP contribution is -3.14. The van der Waals surface area contributed by atoms with Crippen molar-refractivity contribution in [3.63, 3.8) is 0 Å². The predicted octanol–water partition coefficient (Wildman–Crippen LogP) is 1.52. The maximum atomic E-state index is 12.4. The third-order valence-corrected chi connectivity index (χ3v) is 5.23. The molecule has 3 rings (SSSR count). The molecule has 0 spiro atoms. The number of hydrogen-bond donors (Lipinski definition) is 3. The average Bonchev–Trinajstić information content (AvgIpc) is 2.70. The van der Waals surface area contributed by atoms with Crippen molar-refractivity contribution in [1.29, 1.82) is 0 Å². The zero-order chi connectivity index (χ0) is 19.1. The van der Waals surface area contributed by atoms with Crippen molar-refractivity contribution in [1.82, 2.24) is 5.32 Å². The van der Waals surface area contributed by atoms with E-state index in [1.807, 2.05) is 6.07 Å². The number of nitrogens with one attached hydrogen (secondary N) is 3. The standard InChI is InChI=1S/C22H27N3O2/c1-23-22(27)19-8-5-9-20(15-19)24-21(26)16-25-12-10-18(11-13-25)14-17-6-3-2-4-7-17/h2-9,15,18H,10-14,16H2,1H3,(H,23,27)(H,24,26)/p+1. The Labute approximate surface area is 160 Å². The van der Waals surface area contributed by atoms with Gasteiger partial charge in [-0.3, -0.25) is 9.59 Å². The minimum absolute atomic E-state index is 0.000524. The van der Waals surface area contributed by atoms with Crippen LogP contribution >= 0.6 is 0 Å². The van der Waals surface area contributed by atoms with Crippen LogP contribution in [0.1, 0.15) is 28.8 Å². The zero-order valence-corrected chi connectivity index (χ0v) is 15.8. The van der Waals surface area contributed by atoms with Gasteiger partial charge in [0.25, 0.3) is 11.8 Å². The molecule has 1 aliphatic heterocycles. The maximum Gasteiger partial charge on any atom is 0.279 e. The van der Waals surface area contributed by atoms with Crippen molar-refractivity contribution in [2.75, 3.05) is 32.0 Å². The van der Waals surface area contributed by atoms with Crippen LogP contribution in [-0.2, 0) is 11.2 Å². The van der Waals surface area contributed by atoms with Crippen LogP contribution in [-0.4, -0.2) is 38.5 Å². The van der Waals surface area contributed by atoms with Crippen molar-refractivity contribution in [3.8, 4) is 0 Å². The Morgan fingerprint density at radius 1 is 1.04 bits per heavy atom. The minimum Gasteiger partial charge on any atom is -0.355 e.